The number of hydrogen-bond acceptors (Lipinski definition) is 4. The molecule has 2 aromatic rings. The van der Waals surface area contributed by atoms with E-state index in [-0.39, 0.29) is 17.0 Å². The summed E-state index contributed by atoms with van der Waals surface area (Å²) in [5, 5.41) is 3.39. The number of aromatic nitrogens is 1. The molecule has 1 saturated carbocycles. The zero-order valence-corrected chi connectivity index (χ0v) is 26.3. The van der Waals surface area contributed by atoms with Gasteiger partial charge in [-0.05, 0) is 55.4 Å². The summed E-state index contributed by atoms with van der Waals surface area (Å²) in [5.74, 6) is 6.31. The summed E-state index contributed by atoms with van der Waals surface area (Å²) in [7, 11) is 0. The number of hydrogen-bond donors (Lipinski definition) is 2. The van der Waals surface area contributed by atoms with E-state index in [0.29, 0.717) is 24.4 Å². The fourth-order valence-corrected chi connectivity index (χ4v) is 4.62. The lowest BCUT2D eigenvalue weighted by atomic mass is 9.90. The maximum atomic E-state index is 12.8. The number of nitrogens with one attached hydrogen (secondary N) is 1. The standard InChI is InChI=1S/C31H37F3N4.2C2H6/c1-6-18-38(25(5)30(16-17-30)27-12-10-26(11-13-27)20-31(32,33)34)21-24(4)37-29(19-22(2)35)15-14-28-9-7-8-23(3)36-28;2*1-2/h7-13,29,37H,2,4-6,16-21,35H2,1,3H3;2*1-2H3. The Balaban J connectivity index is 0.00000211. The highest BCUT2D eigenvalue weighted by molar-refractivity contribution is 5.42. The van der Waals surface area contributed by atoms with Crippen LogP contribution in [0, 0.1) is 18.8 Å². The molecule has 230 valence electrons. The summed E-state index contributed by atoms with van der Waals surface area (Å²) in [6, 6.07) is 12.2. The first-order chi connectivity index (χ1) is 19.9. The molecule has 0 aliphatic heterocycles. The Morgan fingerprint density at radius 3 is 2.19 bits per heavy atom. The van der Waals surface area contributed by atoms with Gasteiger partial charge in [0.1, 0.15) is 5.69 Å². The maximum Gasteiger partial charge on any atom is 0.393 e. The monoisotopic (exact) mass is 582 g/mol. The normalized spacial score (nSPS) is 13.5. The summed E-state index contributed by atoms with van der Waals surface area (Å²) >= 11 is 0. The summed E-state index contributed by atoms with van der Waals surface area (Å²) < 4.78 is 38.3. The number of halogens is 3. The summed E-state index contributed by atoms with van der Waals surface area (Å²) in [6.07, 6.45) is -1.95. The minimum atomic E-state index is -4.22. The molecule has 3 rings (SSSR count). The van der Waals surface area contributed by atoms with Crippen molar-refractivity contribution in [3.63, 3.8) is 0 Å². The Hall–Kier alpha value is -3.66. The zero-order valence-electron chi connectivity index (χ0n) is 26.3. The number of pyridine rings is 1. The number of alkyl halides is 3. The average molecular weight is 583 g/mol. The van der Waals surface area contributed by atoms with Gasteiger partial charge in [-0.25, -0.2) is 4.98 Å². The highest BCUT2D eigenvalue weighted by Gasteiger charge is 2.48. The van der Waals surface area contributed by atoms with Crippen LogP contribution in [0.15, 0.2) is 79.3 Å². The average Bonchev–Trinajstić information content (AvgIpc) is 3.75. The lowest BCUT2D eigenvalue weighted by molar-refractivity contribution is -0.127. The number of allylic oxidation sites excluding steroid dienone is 1. The molecular weight excluding hydrogens is 533 g/mol. The van der Waals surface area contributed by atoms with Crippen molar-refractivity contribution in [2.75, 3.05) is 13.1 Å². The van der Waals surface area contributed by atoms with Gasteiger partial charge >= 0.3 is 6.18 Å². The van der Waals surface area contributed by atoms with Crippen LogP contribution in [0.5, 0.6) is 0 Å². The van der Waals surface area contributed by atoms with E-state index in [0.717, 1.165) is 48.5 Å². The lowest BCUT2D eigenvalue weighted by Crippen LogP contribution is -2.37. The van der Waals surface area contributed by atoms with E-state index in [4.69, 9.17) is 5.73 Å². The fraction of sp³-hybridized carbons (Fsp3) is 0.457. The lowest BCUT2D eigenvalue weighted by Gasteiger charge is -2.33. The van der Waals surface area contributed by atoms with Crippen LogP contribution < -0.4 is 11.1 Å². The maximum absolute atomic E-state index is 12.8. The van der Waals surface area contributed by atoms with Crippen LogP contribution in [-0.2, 0) is 11.8 Å². The topological polar surface area (TPSA) is 54.2 Å². The van der Waals surface area contributed by atoms with Crippen LogP contribution in [0.3, 0.4) is 0 Å². The minimum Gasteiger partial charge on any atom is -0.402 e. The number of nitrogens with two attached hydrogens (primary N) is 1. The van der Waals surface area contributed by atoms with Gasteiger partial charge in [0.05, 0.1) is 19.0 Å². The van der Waals surface area contributed by atoms with Gasteiger partial charge in [0, 0.05) is 41.2 Å². The van der Waals surface area contributed by atoms with Crippen LogP contribution in [0.25, 0.3) is 0 Å². The van der Waals surface area contributed by atoms with Crippen molar-refractivity contribution in [1.29, 1.82) is 0 Å². The van der Waals surface area contributed by atoms with Crippen LogP contribution >= 0.6 is 0 Å². The second-order valence-corrected chi connectivity index (χ2v) is 10.0. The molecule has 1 aliphatic rings. The molecule has 7 heteroatoms. The van der Waals surface area contributed by atoms with E-state index in [1.54, 1.807) is 12.1 Å². The number of benzene rings is 1. The Morgan fingerprint density at radius 2 is 1.69 bits per heavy atom. The molecule has 1 aromatic carbocycles. The highest BCUT2D eigenvalue weighted by Crippen LogP contribution is 2.54. The van der Waals surface area contributed by atoms with Crippen molar-refractivity contribution >= 4 is 0 Å². The Kier molecular flexibility index (Phi) is 15.0. The predicted molar refractivity (Wildman–Crippen MR) is 171 cm³/mol. The molecule has 0 bridgehead atoms. The fourth-order valence-electron chi connectivity index (χ4n) is 4.62. The van der Waals surface area contributed by atoms with Gasteiger partial charge in [-0.2, -0.15) is 13.2 Å². The van der Waals surface area contributed by atoms with Crippen LogP contribution in [0.1, 0.15) is 82.8 Å². The van der Waals surface area contributed by atoms with Gasteiger partial charge in [0.15, 0.2) is 0 Å². The van der Waals surface area contributed by atoms with Gasteiger partial charge in [-0.1, -0.05) is 90.6 Å². The summed E-state index contributed by atoms with van der Waals surface area (Å²) in [6.45, 7) is 25.8. The SMILES string of the molecule is C=C(N)CC(C#Cc1cccc(C)n1)NC(=C)CN(CCC)C(=C)C1(c2ccc(CC(F)(F)F)cc2)CC1.CC.CC. The predicted octanol–water partition coefficient (Wildman–Crippen LogP) is 8.19. The molecule has 1 fully saturated rings. The molecule has 1 unspecified atom stereocenters. The molecule has 1 heterocycles. The largest absolute Gasteiger partial charge is 0.402 e. The van der Waals surface area contributed by atoms with Gasteiger partial charge in [0.25, 0.3) is 0 Å². The molecule has 1 aromatic heterocycles. The van der Waals surface area contributed by atoms with Crippen LogP contribution in [0.2, 0.25) is 0 Å². The molecule has 4 nitrogen and oxygen atoms in total. The second kappa shape index (κ2) is 17.3. The molecule has 1 atom stereocenters. The second-order valence-electron chi connectivity index (χ2n) is 10.0. The van der Waals surface area contributed by atoms with Crippen molar-refractivity contribution in [3.8, 4) is 11.8 Å². The van der Waals surface area contributed by atoms with E-state index in [1.165, 1.54) is 0 Å². The first-order valence-corrected chi connectivity index (χ1v) is 14.8. The van der Waals surface area contributed by atoms with E-state index < -0.39 is 12.6 Å². The van der Waals surface area contributed by atoms with Crippen molar-refractivity contribution in [3.05, 3.63) is 102 Å². The van der Waals surface area contributed by atoms with E-state index in [9.17, 15) is 13.2 Å². The van der Waals surface area contributed by atoms with Gasteiger partial charge in [-0.15, -0.1) is 0 Å². The van der Waals surface area contributed by atoms with E-state index >= 15 is 0 Å². The quantitative estimate of drug-likeness (QED) is 0.248. The van der Waals surface area contributed by atoms with E-state index in [2.05, 4.69) is 53.7 Å². The van der Waals surface area contributed by atoms with Gasteiger partial charge in [0.2, 0.25) is 0 Å². The molecule has 42 heavy (non-hydrogen) atoms. The highest BCUT2D eigenvalue weighted by atomic mass is 19.4. The first kappa shape index (κ1) is 36.4. The van der Waals surface area contributed by atoms with Gasteiger partial charge in [-0.3, -0.25) is 0 Å². The minimum absolute atomic E-state index is 0.256. The Bertz CT molecular complexity index is 1220. The van der Waals surface area contributed by atoms with Crippen molar-refractivity contribution in [2.24, 2.45) is 5.73 Å². The van der Waals surface area contributed by atoms with Gasteiger partial charge < -0.3 is 16.0 Å². The Morgan fingerprint density at radius 1 is 1.07 bits per heavy atom. The molecular formula is C35H49F3N4. The number of rotatable bonds is 12. The molecule has 1 aliphatic carbocycles. The van der Waals surface area contributed by atoms with E-state index in [1.807, 2.05) is 65.0 Å². The summed E-state index contributed by atoms with van der Waals surface area (Å²) in [5.41, 5.74) is 10.7. The van der Waals surface area contributed by atoms with Crippen LogP contribution in [-0.4, -0.2) is 35.2 Å². The zero-order chi connectivity index (χ0) is 31.9. The van der Waals surface area contributed by atoms with Crippen molar-refractivity contribution < 1.29 is 13.2 Å². The Labute approximate surface area is 252 Å². The van der Waals surface area contributed by atoms with Crippen molar-refractivity contribution in [1.82, 2.24) is 15.2 Å². The molecule has 0 spiro atoms. The third-order valence-corrected chi connectivity index (χ3v) is 6.58. The molecule has 0 radical (unpaired) electrons. The number of nitrogens with zero attached hydrogens (tertiary/aromatic N) is 2. The van der Waals surface area contributed by atoms with Crippen LogP contribution in [0.4, 0.5) is 13.2 Å². The number of aryl methyl sites for hydroxylation is 1. The third kappa shape index (κ3) is 11.7. The van der Waals surface area contributed by atoms with Crippen molar-refractivity contribution in [2.45, 2.75) is 91.3 Å². The molecule has 3 N–H and O–H groups in total. The first-order valence-electron chi connectivity index (χ1n) is 14.8. The molecule has 0 amide bonds. The third-order valence-electron chi connectivity index (χ3n) is 6.58. The summed E-state index contributed by atoms with van der Waals surface area (Å²) in [4.78, 5) is 6.64. The smallest absolute Gasteiger partial charge is 0.393 e. The molecule has 0 saturated heterocycles.